The molecule has 0 N–H and O–H groups in total. The van der Waals surface area contributed by atoms with Crippen LogP contribution in [0.1, 0.15) is 36.5 Å². The summed E-state index contributed by atoms with van der Waals surface area (Å²) in [7, 11) is 0. The Morgan fingerprint density at radius 1 is 1.15 bits per heavy atom. The van der Waals surface area contributed by atoms with Crippen LogP contribution in [0, 0.1) is 11.6 Å². The van der Waals surface area contributed by atoms with Crippen molar-refractivity contribution >= 4 is 23.2 Å². The van der Waals surface area contributed by atoms with Gasteiger partial charge in [-0.15, -0.1) is 0 Å². The molecule has 0 unspecified atom stereocenters. The molecule has 0 spiro atoms. The number of carbonyl (C=O) groups is 3. The number of benzene rings is 1. The van der Waals surface area contributed by atoms with Crippen LogP contribution in [0.4, 0.5) is 14.5 Å². The second kappa shape index (κ2) is 5.48. The van der Waals surface area contributed by atoms with Gasteiger partial charge in [0, 0.05) is 19.0 Å². The summed E-state index contributed by atoms with van der Waals surface area (Å²) in [6.07, 6.45) is 1.48. The number of carbonyl (C=O) groups excluding carboxylic acids is 3. The highest BCUT2D eigenvalue weighted by Crippen LogP contribution is 2.31. The lowest BCUT2D eigenvalue weighted by molar-refractivity contribution is -0.117. The highest BCUT2D eigenvalue weighted by Gasteiger charge is 2.36. The van der Waals surface area contributed by atoms with Gasteiger partial charge in [0.2, 0.25) is 0 Å². The van der Waals surface area contributed by atoms with Crippen molar-refractivity contribution < 1.29 is 23.2 Å². The predicted molar refractivity (Wildman–Crippen MR) is 67.6 cm³/mol. The number of hydrogen-bond donors (Lipinski definition) is 0. The minimum absolute atomic E-state index is 0.0438. The molecule has 2 rings (SSSR count). The number of rotatable bonds is 5. The van der Waals surface area contributed by atoms with Gasteiger partial charge in [0.15, 0.2) is 11.6 Å². The van der Waals surface area contributed by atoms with E-state index in [0.717, 1.165) is 17.0 Å². The lowest BCUT2D eigenvalue weighted by atomic mass is 10.1. The Labute approximate surface area is 114 Å². The van der Waals surface area contributed by atoms with Gasteiger partial charge in [-0.2, -0.15) is 0 Å². The van der Waals surface area contributed by atoms with E-state index in [0.29, 0.717) is 19.3 Å². The van der Waals surface area contributed by atoms with Crippen LogP contribution in [0.5, 0.6) is 0 Å². The average Bonchev–Trinajstić information content (AvgIpc) is 2.60. The van der Waals surface area contributed by atoms with Crippen molar-refractivity contribution in [1.82, 2.24) is 0 Å². The van der Waals surface area contributed by atoms with Gasteiger partial charge in [-0.1, -0.05) is 0 Å². The summed E-state index contributed by atoms with van der Waals surface area (Å²) >= 11 is 0. The fourth-order valence-electron chi connectivity index (χ4n) is 2.15. The molecular formula is C14H13F2NO3. The first-order valence-electron chi connectivity index (χ1n) is 6.26. The molecule has 0 atom stereocenters. The summed E-state index contributed by atoms with van der Waals surface area (Å²) in [6.45, 7) is 1.67. The predicted octanol–water partition coefficient (Wildman–Crippen LogP) is 2.25. The molecule has 1 heterocycles. The quantitative estimate of drug-likeness (QED) is 0.614. The van der Waals surface area contributed by atoms with Gasteiger partial charge in [0.25, 0.3) is 11.7 Å². The molecule has 0 saturated carbocycles. The van der Waals surface area contributed by atoms with E-state index < -0.39 is 23.3 Å². The maximum atomic E-state index is 13.2. The van der Waals surface area contributed by atoms with E-state index in [9.17, 15) is 23.2 Å². The van der Waals surface area contributed by atoms with E-state index in [2.05, 4.69) is 0 Å². The number of hydrogen-bond acceptors (Lipinski definition) is 3. The third kappa shape index (κ3) is 2.59. The zero-order chi connectivity index (χ0) is 14.9. The summed E-state index contributed by atoms with van der Waals surface area (Å²) in [6, 6.07) is 1.61. The lowest BCUT2D eigenvalue weighted by Crippen LogP contribution is -2.30. The smallest absolute Gasteiger partial charge is 0.299 e. The van der Waals surface area contributed by atoms with E-state index in [-0.39, 0.29) is 23.6 Å². The van der Waals surface area contributed by atoms with Crippen molar-refractivity contribution in [3.8, 4) is 0 Å². The van der Waals surface area contributed by atoms with Gasteiger partial charge in [0.05, 0.1) is 11.3 Å². The standard InChI is InChI=1S/C14H13F2NO3/c1-8(18)4-2-3-5-17-12-7-11(16)10(15)6-9(12)13(19)14(17)20/h6-7H,2-5H2,1H3. The summed E-state index contributed by atoms with van der Waals surface area (Å²) in [5.41, 5.74) is -0.0119. The zero-order valence-corrected chi connectivity index (χ0v) is 10.9. The van der Waals surface area contributed by atoms with Crippen molar-refractivity contribution in [1.29, 1.82) is 0 Å². The molecule has 6 heteroatoms. The van der Waals surface area contributed by atoms with Crippen molar-refractivity contribution in [2.24, 2.45) is 0 Å². The first-order chi connectivity index (χ1) is 9.41. The van der Waals surface area contributed by atoms with Crippen LogP contribution >= 0.6 is 0 Å². The molecule has 0 aliphatic carbocycles. The Balaban J connectivity index is 2.16. The van der Waals surface area contributed by atoms with E-state index in [1.165, 1.54) is 6.92 Å². The normalized spacial score (nSPS) is 13.8. The second-order valence-electron chi connectivity index (χ2n) is 4.73. The molecule has 0 radical (unpaired) electrons. The fraction of sp³-hybridized carbons (Fsp3) is 0.357. The number of Topliss-reactive ketones (excluding diaryl/α,β-unsaturated/α-hetero) is 2. The van der Waals surface area contributed by atoms with Gasteiger partial charge in [0.1, 0.15) is 5.78 Å². The molecule has 1 aromatic carbocycles. The molecule has 20 heavy (non-hydrogen) atoms. The molecule has 4 nitrogen and oxygen atoms in total. The van der Waals surface area contributed by atoms with Crippen LogP contribution in [0.15, 0.2) is 12.1 Å². The van der Waals surface area contributed by atoms with Gasteiger partial charge in [-0.05, 0) is 25.8 Å². The minimum atomic E-state index is -1.15. The molecule has 0 aromatic heterocycles. The van der Waals surface area contributed by atoms with Crippen molar-refractivity contribution in [2.45, 2.75) is 26.2 Å². The van der Waals surface area contributed by atoms with Crippen molar-refractivity contribution in [3.05, 3.63) is 29.3 Å². The topological polar surface area (TPSA) is 54.5 Å². The fourth-order valence-corrected chi connectivity index (χ4v) is 2.15. The molecule has 0 fully saturated rings. The van der Waals surface area contributed by atoms with Gasteiger partial charge in [-0.3, -0.25) is 9.59 Å². The van der Waals surface area contributed by atoms with Crippen LogP contribution in [-0.4, -0.2) is 24.0 Å². The highest BCUT2D eigenvalue weighted by molar-refractivity contribution is 6.52. The monoisotopic (exact) mass is 281 g/mol. The Morgan fingerprint density at radius 2 is 1.80 bits per heavy atom. The van der Waals surface area contributed by atoms with E-state index in [1.54, 1.807) is 0 Å². The molecule has 1 aromatic rings. The Morgan fingerprint density at radius 3 is 2.45 bits per heavy atom. The van der Waals surface area contributed by atoms with Crippen LogP contribution in [-0.2, 0) is 9.59 Å². The number of nitrogens with zero attached hydrogens (tertiary/aromatic N) is 1. The molecule has 106 valence electrons. The summed E-state index contributed by atoms with van der Waals surface area (Å²) in [5, 5.41) is 0. The molecule has 0 saturated heterocycles. The largest absolute Gasteiger partial charge is 0.305 e. The number of fused-ring (bicyclic) bond motifs is 1. The number of anilines is 1. The lowest BCUT2D eigenvalue weighted by Gasteiger charge is -2.16. The summed E-state index contributed by atoms with van der Waals surface area (Å²) in [5.74, 6) is -3.82. The maximum absolute atomic E-state index is 13.2. The van der Waals surface area contributed by atoms with Crippen LogP contribution in [0.2, 0.25) is 0 Å². The van der Waals surface area contributed by atoms with Crippen LogP contribution in [0.3, 0.4) is 0 Å². The van der Waals surface area contributed by atoms with Gasteiger partial charge in [-0.25, -0.2) is 8.78 Å². The number of ketones is 2. The Kier molecular flexibility index (Phi) is 3.92. The number of halogens is 2. The third-order valence-electron chi connectivity index (χ3n) is 3.17. The SMILES string of the molecule is CC(=O)CCCCN1C(=O)C(=O)c2cc(F)c(F)cc21. The second-order valence-corrected chi connectivity index (χ2v) is 4.73. The van der Waals surface area contributed by atoms with E-state index in [1.807, 2.05) is 0 Å². The average molecular weight is 281 g/mol. The Hall–Kier alpha value is -2.11. The summed E-state index contributed by atoms with van der Waals surface area (Å²) in [4.78, 5) is 35.4. The number of amides is 1. The van der Waals surface area contributed by atoms with Crippen molar-refractivity contribution in [3.63, 3.8) is 0 Å². The highest BCUT2D eigenvalue weighted by atomic mass is 19.2. The van der Waals surface area contributed by atoms with Crippen LogP contribution < -0.4 is 4.90 Å². The van der Waals surface area contributed by atoms with Crippen molar-refractivity contribution in [2.75, 3.05) is 11.4 Å². The van der Waals surface area contributed by atoms with Crippen LogP contribution in [0.25, 0.3) is 0 Å². The first kappa shape index (κ1) is 14.3. The Bertz CT molecular complexity index is 598. The molecular weight excluding hydrogens is 268 g/mol. The number of unbranched alkanes of at least 4 members (excludes halogenated alkanes) is 1. The minimum Gasteiger partial charge on any atom is -0.305 e. The summed E-state index contributed by atoms with van der Waals surface area (Å²) < 4.78 is 26.3. The first-order valence-corrected chi connectivity index (χ1v) is 6.26. The third-order valence-corrected chi connectivity index (χ3v) is 3.17. The van der Waals surface area contributed by atoms with E-state index >= 15 is 0 Å². The molecule has 1 amide bonds. The molecule has 1 aliphatic rings. The molecule has 1 aliphatic heterocycles. The molecule has 0 bridgehead atoms. The zero-order valence-electron chi connectivity index (χ0n) is 10.9. The van der Waals surface area contributed by atoms with Gasteiger partial charge >= 0.3 is 0 Å². The van der Waals surface area contributed by atoms with E-state index in [4.69, 9.17) is 0 Å². The maximum Gasteiger partial charge on any atom is 0.299 e. The van der Waals surface area contributed by atoms with Gasteiger partial charge < -0.3 is 9.69 Å².